The van der Waals surface area contributed by atoms with Gasteiger partial charge in [-0.2, -0.15) is 5.10 Å². The van der Waals surface area contributed by atoms with Crippen molar-refractivity contribution < 1.29 is 4.79 Å². The third-order valence-electron chi connectivity index (χ3n) is 4.15. The number of benzene rings is 2. The molecule has 1 aliphatic carbocycles. The Bertz CT molecular complexity index is 893. The van der Waals surface area contributed by atoms with E-state index in [4.69, 9.17) is 5.10 Å². The molecule has 0 aliphatic heterocycles. The van der Waals surface area contributed by atoms with E-state index in [1.54, 1.807) is 6.08 Å². The molecule has 25 heavy (non-hydrogen) atoms. The van der Waals surface area contributed by atoms with Crippen LogP contribution in [0.1, 0.15) is 18.4 Å². The Hall–Kier alpha value is -3.14. The molecule has 3 aromatic rings. The molecule has 1 fully saturated rings. The predicted molar refractivity (Wildman–Crippen MR) is 99.2 cm³/mol. The zero-order valence-corrected chi connectivity index (χ0v) is 13.8. The molecule has 124 valence electrons. The van der Waals surface area contributed by atoms with Crippen molar-refractivity contribution in [3.05, 3.63) is 78.5 Å². The number of aromatic nitrogens is 2. The topological polar surface area (TPSA) is 46.9 Å². The van der Waals surface area contributed by atoms with Crippen LogP contribution in [0.4, 0.5) is 0 Å². The first kappa shape index (κ1) is 15.4. The monoisotopic (exact) mass is 329 g/mol. The van der Waals surface area contributed by atoms with Gasteiger partial charge in [0, 0.05) is 29.4 Å². The highest BCUT2D eigenvalue weighted by Crippen LogP contribution is 2.25. The molecule has 4 rings (SSSR count). The fourth-order valence-corrected chi connectivity index (χ4v) is 2.69. The Morgan fingerprint density at radius 1 is 1.04 bits per heavy atom. The molecule has 1 aliphatic rings. The van der Waals surface area contributed by atoms with E-state index in [0.717, 1.165) is 35.3 Å². The first-order chi connectivity index (χ1) is 12.3. The largest absolute Gasteiger partial charge is 0.350 e. The summed E-state index contributed by atoms with van der Waals surface area (Å²) in [5.41, 5.74) is 3.79. The second-order valence-electron chi connectivity index (χ2n) is 6.20. The van der Waals surface area contributed by atoms with Crippen LogP contribution < -0.4 is 5.32 Å². The summed E-state index contributed by atoms with van der Waals surface area (Å²) in [6.45, 7) is 0. The maximum Gasteiger partial charge on any atom is 0.244 e. The van der Waals surface area contributed by atoms with Gasteiger partial charge in [0.15, 0.2) is 0 Å². The smallest absolute Gasteiger partial charge is 0.244 e. The first-order valence-corrected chi connectivity index (χ1v) is 8.49. The van der Waals surface area contributed by atoms with Crippen LogP contribution in [-0.4, -0.2) is 21.7 Å². The maximum atomic E-state index is 12.0. The molecule has 2 aromatic carbocycles. The summed E-state index contributed by atoms with van der Waals surface area (Å²) >= 11 is 0. The minimum Gasteiger partial charge on any atom is -0.350 e. The molecule has 0 unspecified atom stereocenters. The van der Waals surface area contributed by atoms with Gasteiger partial charge in [-0.25, -0.2) is 4.68 Å². The summed E-state index contributed by atoms with van der Waals surface area (Å²) in [4.78, 5) is 12.0. The van der Waals surface area contributed by atoms with Crippen molar-refractivity contribution in [3.8, 4) is 16.9 Å². The quantitative estimate of drug-likeness (QED) is 0.723. The van der Waals surface area contributed by atoms with Crippen molar-refractivity contribution in [2.24, 2.45) is 0 Å². The predicted octanol–water partition coefficient (Wildman–Crippen LogP) is 3.83. The zero-order chi connectivity index (χ0) is 17.1. The third kappa shape index (κ3) is 3.69. The molecule has 4 nitrogen and oxygen atoms in total. The molecular weight excluding hydrogens is 310 g/mol. The highest BCUT2D eigenvalue weighted by molar-refractivity contribution is 5.93. The Morgan fingerprint density at radius 2 is 1.72 bits per heavy atom. The molecule has 1 saturated carbocycles. The summed E-state index contributed by atoms with van der Waals surface area (Å²) in [6, 6.07) is 20.3. The van der Waals surface area contributed by atoms with E-state index in [-0.39, 0.29) is 5.91 Å². The molecule has 0 bridgehead atoms. The Balaban J connectivity index is 1.69. The average molecular weight is 329 g/mol. The lowest BCUT2D eigenvalue weighted by molar-refractivity contribution is -0.116. The molecule has 1 aromatic heterocycles. The highest BCUT2D eigenvalue weighted by atomic mass is 16.1. The zero-order valence-electron chi connectivity index (χ0n) is 13.8. The lowest BCUT2D eigenvalue weighted by atomic mass is 10.1. The summed E-state index contributed by atoms with van der Waals surface area (Å²) in [6.07, 6.45) is 7.56. The van der Waals surface area contributed by atoms with Crippen molar-refractivity contribution in [2.75, 3.05) is 0 Å². The van der Waals surface area contributed by atoms with Crippen LogP contribution in [0.3, 0.4) is 0 Å². The lowest BCUT2D eigenvalue weighted by Crippen LogP contribution is -2.22. The Morgan fingerprint density at radius 3 is 2.40 bits per heavy atom. The summed E-state index contributed by atoms with van der Waals surface area (Å²) < 4.78 is 1.85. The van der Waals surface area contributed by atoms with Gasteiger partial charge in [-0.1, -0.05) is 48.5 Å². The summed E-state index contributed by atoms with van der Waals surface area (Å²) in [5, 5.41) is 7.70. The fraction of sp³-hybridized carbons (Fsp3) is 0.143. The van der Waals surface area contributed by atoms with Crippen LogP contribution >= 0.6 is 0 Å². The van der Waals surface area contributed by atoms with E-state index >= 15 is 0 Å². The number of nitrogens with zero attached hydrogens (tertiary/aromatic N) is 2. The number of amides is 1. The van der Waals surface area contributed by atoms with Crippen molar-refractivity contribution in [1.29, 1.82) is 0 Å². The number of carbonyl (C=O) groups is 1. The molecule has 0 spiro atoms. The van der Waals surface area contributed by atoms with E-state index in [9.17, 15) is 4.79 Å². The number of hydrogen-bond donors (Lipinski definition) is 1. The van der Waals surface area contributed by atoms with Gasteiger partial charge in [0.1, 0.15) is 0 Å². The van der Waals surface area contributed by atoms with Crippen LogP contribution in [-0.2, 0) is 4.79 Å². The number of rotatable bonds is 5. The first-order valence-electron chi connectivity index (χ1n) is 8.49. The van der Waals surface area contributed by atoms with Gasteiger partial charge >= 0.3 is 0 Å². The molecule has 0 radical (unpaired) electrons. The summed E-state index contributed by atoms with van der Waals surface area (Å²) in [5.74, 6) is -0.0472. The standard InChI is InChI=1S/C21H19N3O/c25-20(22-18-12-13-18)14-11-17-15-24(19-9-5-2-6-10-19)23-21(17)16-7-3-1-4-8-16/h1-11,14-15,18H,12-13H2,(H,22,25)/b14-11+. The Labute approximate surface area is 146 Å². The van der Waals surface area contributed by atoms with Gasteiger partial charge in [0.25, 0.3) is 0 Å². The van der Waals surface area contributed by atoms with Gasteiger partial charge in [0.05, 0.1) is 11.4 Å². The van der Waals surface area contributed by atoms with Crippen LogP contribution in [0.15, 0.2) is 72.9 Å². The van der Waals surface area contributed by atoms with Crippen LogP contribution in [0, 0.1) is 0 Å². The van der Waals surface area contributed by atoms with Gasteiger partial charge in [-0.15, -0.1) is 0 Å². The number of hydrogen-bond acceptors (Lipinski definition) is 2. The normalized spacial score (nSPS) is 13.9. The number of carbonyl (C=O) groups excluding carboxylic acids is 1. The second-order valence-corrected chi connectivity index (χ2v) is 6.20. The lowest BCUT2D eigenvalue weighted by Gasteiger charge is -2.00. The highest BCUT2D eigenvalue weighted by Gasteiger charge is 2.22. The maximum absolute atomic E-state index is 12.0. The van der Waals surface area contributed by atoms with E-state index in [0.29, 0.717) is 6.04 Å². The second kappa shape index (κ2) is 6.77. The fourth-order valence-electron chi connectivity index (χ4n) is 2.69. The number of para-hydroxylation sites is 1. The van der Waals surface area contributed by atoms with Crippen molar-refractivity contribution in [2.45, 2.75) is 18.9 Å². The molecule has 1 N–H and O–H groups in total. The number of nitrogens with one attached hydrogen (secondary N) is 1. The van der Waals surface area contributed by atoms with Crippen molar-refractivity contribution >= 4 is 12.0 Å². The molecule has 1 heterocycles. The van der Waals surface area contributed by atoms with Crippen LogP contribution in [0.25, 0.3) is 23.0 Å². The van der Waals surface area contributed by atoms with Gasteiger partial charge in [0.2, 0.25) is 5.91 Å². The minimum atomic E-state index is -0.0472. The SMILES string of the molecule is O=C(/C=C/c1cn(-c2ccccc2)nc1-c1ccccc1)NC1CC1. The van der Waals surface area contributed by atoms with Crippen LogP contribution in [0.5, 0.6) is 0 Å². The molecule has 4 heteroatoms. The molecule has 0 atom stereocenters. The Kier molecular flexibility index (Phi) is 4.17. The third-order valence-corrected chi connectivity index (χ3v) is 4.15. The minimum absolute atomic E-state index is 0.0472. The average Bonchev–Trinajstić information content (AvgIpc) is 3.37. The summed E-state index contributed by atoms with van der Waals surface area (Å²) in [7, 11) is 0. The van der Waals surface area contributed by atoms with E-state index in [1.807, 2.05) is 77.6 Å². The van der Waals surface area contributed by atoms with E-state index in [1.165, 1.54) is 0 Å². The van der Waals surface area contributed by atoms with Crippen molar-refractivity contribution in [3.63, 3.8) is 0 Å². The van der Waals surface area contributed by atoms with Gasteiger partial charge in [-0.05, 0) is 31.1 Å². The van der Waals surface area contributed by atoms with Gasteiger partial charge in [-0.3, -0.25) is 4.79 Å². The van der Waals surface area contributed by atoms with Crippen LogP contribution in [0.2, 0.25) is 0 Å². The van der Waals surface area contributed by atoms with Gasteiger partial charge < -0.3 is 5.32 Å². The molecule has 0 saturated heterocycles. The molecule has 1 amide bonds. The van der Waals surface area contributed by atoms with E-state index < -0.39 is 0 Å². The van der Waals surface area contributed by atoms with E-state index in [2.05, 4.69) is 5.32 Å². The van der Waals surface area contributed by atoms with Crippen molar-refractivity contribution in [1.82, 2.24) is 15.1 Å². The molecular formula is C21H19N3O.